The maximum absolute atomic E-state index is 7.01. The van der Waals surface area contributed by atoms with Gasteiger partial charge in [-0.15, -0.1) is 11.3 Å². The molecule has 15 rings (SSSR count). The summed E-state index contributed by atoms with van der Waals surface area (Å²) in [5, 5.41) is 14.6. The van der Waals surface area contributed by atoms with E-state index in [1.165, 1.54) is 90.8 Å². The number of aromatic nitrogens is 3. The van der Waals surface area contributed by atoms with Crippen LogP contribution >= 0.6 is 11.3 Å². The topological polar surface area (TPSA) is 27.9 Å². The first-order valence-corrected chi connectivity index (χ1v) is 22.3. The molecule has 0 aliphatic rings. The van der Waals surface area contributed by atoms with E-state index >= 15 is 0 Å². The molecule has 0 amide bonds. The number of rotatable bonds is 3. The Morgan fingerprint density at radius 2 is 0.857 bits per heavy atom. The van der Waals surface area contributed by atoms with Crippen molar-refractivity contribution < 1.29 is 4.42 Å². The van der Waals surface area contributed by atoms with Gasteiger partial charge < -0.3 is 18.1 Å². The van der Waals surface area contributed by atoms with Gasteiger partial charge in [0.15, 0.2) is 5.58 Å². The summed E-state index contributed by atoms with van der Waals surface area (Å²) < 4.78 is 17.0. The monoisotopic (exact) mass is 819 g/mol. The Kier molecular flexibility index (Phi) is 6.53. The molecule has 292 valence electrons. The van der Waals surface area contributed by atoms with Crippen LogP contribution in [-0.2, 0) is 0 Å². The van der Waals surface area contributed by atoms with Crippen molar-refractivity contribution >= 4 is 130 Å². The summed E-state index contributed by atoms with van der Waals surface area (Å²) >= 11 is 1.90. The van der Waals surface area contributed by atoms with E-state index in [9.17, 15) is 0 Å². The van der Waals surface area contributed by atoms with Crippen LogP contribution in [-0.4, -0.2) is 13.7 Å². The average Bonchev–Trinajstić information content (AvgIpc) is 4.14. The Morgan fingerprint density at radius 3 is 1.59 bits per heavy atom. The lowest BCUT2D eigenvalue weighted by Gasteiger charge is -2.14. The molecule has 63 heavy (non-hydrogen) atoms. The lowest BCUT2D eigenvalue weighted by molar-refractivity contribution is 0.667. The zero-order valence-corrected chi connectivity index (χ0v) is 34.5. The van der Waals surface area contributed by atoms with Crippen LogP contribution in [0.1, 0.15) is 0 Å². The van der Waals surface area contributed by atoms with Gasteiger partial charge in [-0.25, -0.2) is 0 Å². The molecule has 0 fully saturated rings. The predicted octanol–water partition coefficient (Wildman–Crippen LogP) is 16.4. The van der Waals surface area contributed by atoms with Crippen LogP contribution in [0.3, 0.4) is 0 Å². The molecular formula is C58H33N3OS. The van der Waals surface area contributed by atoms with Gasteiger partial charge in [0, 0.05) is 74.6 Å². The molecule has 0 atom stereocenters. The van der Waals surface area contributed by atoms with E-state index in [0.717, 1.165) is 44.5 Å². The number of hydrogen-bond acceptors (Lipinski definition) is 2. The molecule has 0 radical (unpaired) electrons. The SMILES string of the molecule is c1cc(-n2c3ccccc3c3ccccc32)cc(-n2c3ccccc3c3c4c(c5ccccc5n4-c4cccc5c4oc4cc6ccccc6cc45)c4sc5ccccc5c4c32)c1. The zero-order chi connectivity index (χ0) is 40.9. The van der Waals surface area contributed by atoms with Gasteiger partial charge in [-0.2, -0.15) is 0 Å². The molecule has 10 aromatic carbocycles. The van der Waals surface area contributed by atoms with Crippen molar-refractivity contribution in [1.82, 2.24) is 13.7 Å². The quantitative estimate of drug-likeness (QED) is 0.174. The normalized spacial score (nSPS) is 12.4. The van der Waals surface area contributed by atoms with Crippen LogP contribution in [0.4, 0.5) is 0 Å². The van der Waals surface area contributed by atoms with Crippen LogP contribution in [0.2, 0.25) is 0 Å². The number of thiophene rings is 1. The zero-order valence-electron chi connectivity index (χ0n) is 33.7. The molecular weight excluding hydrogens is 787 g/mol. The van der Waals surface area contributed by atoms with Crippen LogP contribution in [0.25, 0.3) is 135 Å². The van der Waals surface area contributed by atoms with Crippen LogP contribution < -0.4 is 0 Å². The summed E-state index contributed by atoms with van der Waals surface area (Å²) in [7, 11) is 0. The molecule has 0 saturated heterocycles. The number of para-hydroxylation sites is 5. The standard InChI is InChI=1S/C58H33N3OS/c1-2-16-35-32-50-44(31-34(35)15-1)40-24-14-29-49(57(40)62-50)61-48-28-11-6-22-42(48)53-56(61)52-41-21-5-10-27-47(41)60(55(52)54-43-23-7-12-30-51(43)63-58(53)54)37-18-13-17-36(33-37)59-45-25-8-3-19-38(45)39-20-4-9-26-46(39)59/h1-33H. The number of furan rings is 1. The number of benzene rings is 10. The highest BCUT2D eigenvalue weighted by Crippen LogP contribution is 2.52. The smallest absolute Gasteiger partial charge is 0.159 e. The minimum absolute atomic E-state index is 0.887. The summed E-state index contributed by atoms with van der Waals surface area (Å²) in [4.78, 5) is 0. The molecule has 5 aromatic heterocycles. The van der Waals surface area contributed by atoms with Gasteiger partial charge >= 0.3 is 0 Å². The lowest BCUT2D eigenvalue weighted by Crippen LogP contribution is -1.99. The van der Waals surface area contributed by atoms with Crippen LogP contribution in [0.15, 0.2) is 205 Å². The first kappa shape index (κ1) is 33.6. The molecule has 0 saturated carbocycles. The number of hydrogen-bond donors (Lipinski definition) is 0. The fourth-order valence-electron chi connectivity index (χ4n) is 11.0. The van der Waals surface area contributed by atoms with E-state index in [1.54, 1.807) is 0 Å². The highest BCUT2D eigenvalue weighted by atomic mass is 32.1. The minimum atomic E-state index is 0.887. The van der Waals surface area contributed by atoms with Gasteiger partial charge in [-0.05, 0) is 77.5 Å². The van der Waals surface area contributed by atoms with Crippen molar-refractivity contribution in [3.8, 4) is 17.1 Å². The second kappa shape index (κ2) is 12.3. The van der Waals surface area contributed by atoms with E-state index in [2.05, 4.69) is 214 Å². The molecule has 15 aromatic rings. The molecule has 4 nitrogen and oxygen atoms in total. The largest absolute Gasteiger partial charge is 0.454 e. The Bertz CT molecular complexity index is 4400. The highest BCUT2D eigenvalue weighted by Gasteiger charge is 2.28. The highest BCUT2D eigenvalue weighted by molar-refractivity contribution is 7.27. The average molecular weight is 820 g/mol. The molecule has 0 unspecified atom stereocenters. The van der Waals surface area contributed by atoms with Crippen LogP contribution in [0, 0.1) is 0 Å². The van der Waals surface area contributed by atoms with Crippen molar-refractivity contribution in [3.63, 3.8) is 0 Å². The Labute approximate surface area is 363 Å². The fourth-order valence-corrected chi connectivity index (χ4v) is 12.3. The maximum Gasteiger partial charge on any atom is 0.159 e. The molecule has 5 heteroatoms. The van der Waals surface area contributed by atoms with Crippen molar-refractivity contribution in [2.24, 2.45) is 0 Å². The molecule has 0 bridgehead atoms. The molecule has 5 heterocycles. The first-order valence-electron chi connectivity index (χ1n) is 21.5. The van der Waals surface area contributed by atoms with Gasteiger partial charge in [0.2, 0.25) is 0 Å². The Morgan fingerprint density at radius 1 is 0.349 bits per heavy atom. The third-order valence-corrected chi connectivity index (χ3v) is 14.7. The van der Waals surface area contributed by atoms with E-state index < -0.39 is 0 Å². The van der Waals surface area contributed by atoms with Crippen molar-refractivity contribution in [2.45, 2.75) is 0 Å². The maximum atomic E-state index is 7.01. The second-order valence-electron chi connectivity index (χ2n) is 16.8. The lowest BCUT2D eigenvalue weighted by atomic mass is 10.0. The number of nitrogens with zero attached hydrogens (tertiary/aromatic N) is 3. The summed E-state index contributed by atoms with van der Waals surface area (Å²) in [5.74, 6) is 0. The third-order valence-electron chi connectivity index (χ3n) is 13.6. The van der Waals surface area contributed by atoms with Crippen molar-refractivity contribution in [1.29, 1.82) is 0 Å². The number of fused-ring (bicyclic) bond motifs is 19. The molecule has 0 aliphatic heterocycles. The minimum Gasteiger partial charge on any atom is -0.454 e. The summed E-state index contributed by atoms with van der Waals surface area (Å²) in [6.07, 6.45) is 0. The fraction of sp³-hybridized carbons (Fsp3) is 0. The molecule has 0 N–H and O–H groups in total. The first-order chi connectivity index (χ1) is 31.3. The van der Waals surface area contributed by atoms with Gasteiger partial charge in [0.1, 0.15) is 5.58 Å². The summed E-state index contributed by atoms with van der Waals surface area (Å²) in [6.45, 7) is 0. The Hall–Kier alpha value is -8.12. The van der Waals surface area contributed by atoms with Gasteiger partial charge in [0.25, 0.3) is 0 Å². The summed E-state index contributed by atoms with van der Waals surface area (Å²) in [6, 6.07) is 73.2. The van der Waals surface area contributed by atoms with Crippen LogP contribution in [0.5, 0.6) is 0 Å². The van der Waals surface area contributed by atoms with E-state index in [0.29, 0.717) is 0 Å². The summed E-state index contributed by atoms with van der Waals surface area (Å²) in [5.41, 5.74) is 12.2. The second-order valence-corrected chi connectivity index (χ2v) is 17.8. The molecule has 0 aliphatic carbocycles. The van der Waals surface area contributed by atoms with Gasteiger partial charge in [-0.3, -0.25) is 0 Å². The van der Waals surface area contributed by atoms with E-state index in [4.69, 9.17) is 4.42 Å². The van der Waals surface area contributed by atoms with E-state index in [-0.39, 0.29) is 0 Å². The predicted molar refractivity (Wildman–Crippen MR) is 267 cm³/mol. The van der Waals surface area contributed by atoms with Gasteiger partial charge in [0.05, 0.1) is 38.8 Å². The molecule has 0 spiro atoms. The third kappa shape index (κ3) is 4.38. The van der Waals surface area contributed by atoms with Gasteiger partial charge in [-0.1, -0.05) is 133 Å². The van der Waals surface area contributed by atoms with Crippen molar-refractivity contribution in [2.75, 3.05) is 0 Å². The Balaban J connectivity index is 1.13. The van der Waals surface area contributed by atoms with E-state index in [1.807, 2.05) is 11.3 Å². The van der Waals surface area contributed by atoms with Crippen molar-refractivity contribution in [3.05, 3.63) is 200 Å².